The predicted octanol–water partition coefficient (Wildman–Crippen LogP) is 2.57. The Morgan fingerprint density at radius 2 is 1.95 bits per heavy atom. The van der Waals surface area contributed by atoms with Gasteiger partial charge in [0.05, 0.1) is 6.54 Å². The lowest BCUT2D eigenvalue weighted by atomic mass is 10.1. The molecule has 0 aliphatic carbocycles. The first kappa shape index (κ1) is 15.8. The van der Waals surface area contributed by atoms with E-state index in [1.165, 1.54) is 0 Å². The van der Waals surface area contributed by atoms with Gasteiger partial charge < -0.3 is 10.2 Å². The van der Waals surface area contributed by atoms with Crippen molar-refractivity contribution in [2.45, 2.75) is 25.4 Å². The number of piperidine rings is 1. The molecule has 5 nitrogen and oxygen atoms in total. The largest absolute Gasteiger partial charge is 0.451 e. The molecular formula is C12H14ClF3N4O. The normalized spacial score (nSPS) is 15.9. The number of likely N-dealkylation sites (tertiary alicyclic amines) is 1. The Morgan fingerprint density at radius 1 is 1.29 bits per heavy atom. The zero-order valence-corrected chi connectivity index (χ0v) is 11.8. The smallest absolute Gasteiger partial charge is 0.361 e. The molecule has 1 aromatic heterocycles. The van der Waals surface area contributed by atoms with Gasteiger partial charge in [0.15, 0.2) is 0 Å². The van der Waals surface area contributed by atoms with Crippen molar-refractivity contribution in [2.75, 3.05) is 25.0 Å². The number of rotatable bonds is 3. The van der Waals surface area contributed by atoms with Gasteiger partial charge in [0.2, 0.25) is 11.7 Å². The number of anilines is 1. The van der Waals surface area contributed by atoms with Crippen LogP contribution >= 0.6 is 11.6 Å². The lowest BCUT2D eigenvalue weighted by Gasteiger charge is -2.26. The summed E-state index contributed by atoms with van der Waals surface area (Å²) in [5.74, 6) is -1.62. The molecule has 1 saturated heterocycles. The fourth-order valence-corrected chi connectivity index (χ4v) is 2.24. The first-order chi connectivity index (χ1) is 9.86. The van der Waals surface area contributed by atoms with Crippen molar-refractivity contribution in [3.05, 3.63) is 17.0 Å². The maximum Gasteiger partial charge on any atom is 0.451 e. The molecule has 1 aliphatic heterocycles. The van der Waals surface area contributed by atoms with E-state index in [1.807, 2.05) is 0 Å². The van der Waals surface area contributed by atoms with Crippen molar-refractivity contribution in [2.24, 2.45) is 0 Å². The van der Waals surface area contributed by atoms with Crippen LogP contribution < -0.4 is 5.32 Å². The minimum Gasteiger partial charge on any atom is -0.361 e. The number of hydrogen-bond acceptors (Lipinski definition) is 4. The van der Waals surface area contributed by atoms with Gasteiger partial charge in [-0.1, -0.05) is 11.6 Å². The zero-order chi connectivity index (χ0) is 15.5. The van der Waals surface area contributed by atoms with Crippen LogP contribution in [0, 0.1) is 0 Å². The maximum absolute atomic E-state index is 12.6. The van der Waals surface area contributed by atoms with Crippen LogP contribution in [-0.4, -0.2) is 40.4 Å². The summed E-state index contributed by atoms with van der Waals surface area (Å²) in [6.07, 6.45) is -1.70. The number of carbonyl (C=O) groups excluding carboxylic acids is 1. The van der Waals surface area contributed by atoms with E-state index in [0.717, 1.165) is 25.3 Å². The third-order valence-corrected chi connectivity index (χ3v) is 3.27. The van der Waals surface area contributed by atoms with E-state index in [9.17, 15) is 18.0 Å². The summed E-state index contributed by atoms with van der Waals surface area (Å²) in [6.45, 7) is 1.24. The SMILES string of the molecule is O=C(CNc1cc(Cl)nc(C(F)(F)F)n1)N1CCCCC1. The summed E-state index contributed by atoms with van der Waals surface area (Å²) < 4.78 is 37.7. The number of hydrogen-bond donors (Lipinski definition) is 1. The molecule has 0 unspecified atom stereocenters. The average Bonchev–Trinajstić information content (AvgIpc) is 2.44. The fourth-order valence-electron chi connectivity index (χ4n) is 2.06. The van der Waals surface area contributed by atoms with Crippen LogP contribution in [0.4, 0.5) is 19.0 Å². The Morgan fingerprint density at radius 3 is 2.57 bits per heavy atom. The molecule has 1 aromatic rings. The molecule has 2 rings (SSSR count). The van der Waals surface area contributed by atoms with Crippen molar-refractivity contribution < 1.29 is 18.0 Å². The molecule has 0 bridgehead atoms. The summed E-state index contributed by atoms with van der Waals surface area (Å²) in [6, 6.07) is 1.15. The summed E-state index contributed by atoms with van der Waals surface area (Å²) in [5.41, 5.74) is 0. The minimum atomic E-state index is -4.68. The lowest BCUT2D eigenvalue weighted by molar-refractivity contribution is -0.144. The molecule has 0 radical (unpaired) electrons. The standard InChI is InChI=1S/C12H14ClF3N4O/c13-8-6-9(19-11(18-8)12(14,15)16)17-7-10(21)20-4-2-1-3-5-20/h6H,1-5,7H2,(H,17,18,19). The van der Waals surface area contributed by atoms with Gasteiger partial charge in [-0.25, -0.2) is 9.97 Å². The third-order valence-electron chi connectivity index (χ3n) is 3.08. The highest BCUT2D eigenvalue weighted by Gasteiger charge is 2.35. The molecule has 2 heterocycles. The second-order valence-corrected chi connectivity index (χ2v) is 5.08. The van der Waals surface area contributed by atoms with Crippen molar-refractivity contribution in [3.8, 4) is 0 Å². The molecule has 0 spiro atoms. The van der Waals surface area contributed by atoms with Crippen LogP contribution in [0.1, 0.15) is 25.1 Å². The van der Waals surface area contributed by atoms with Crippen molar-refractivity contribution in [3.63, 3.8) is 0 Å². The highest BCUT2D eigenvalue weighted by atomic mass is 35.5. The van der Waals surface area contributed by atoms with Gasteiger partial charge in [0.1, 0.15) is 11.0 Å². The Hall–Kier alpha value is -1.57. The molecule has 9 heteroatoms. The van der Waals surface area contributed by atoms with Gasteiger partial charge >= 0.3 is 6.18 Å². The summed E-state index contributed by atoms with van der Waals surface area (Å²) in [5, 5.41) is 2.24. The molecule has 0 atom stereocenters. The Labute approximate surface area is 124 Å². The van der Waals surface area contributed by atoms with Crippen molar-refractivity contribution >= 4 is 23.3 Å². The van der Waals surface area contributed by atoms with Crippen LogP contribution in [0.3, 0.4) is 0 Å². The number of halogens is 4. The topological polar surface area (TPSA) is 58.1 Å². The fraction of sp³-hybridized carbons (Fsp3) is 0.583. The number of nitrogens with one attached hydrogen (secondary N) is 1. The number of carbonyl (C=O) groups is 1. The quantitative estimate of drug-likeness (QED) is 0.869. The van der Waals surface area contributed by atoms with Gasteiger partial charge in [-0.2, -0.15) is 13.2 Å². The molecule has 0 saturated carbocycles. The number of alkyl halides is 3. The molecule has 1 N–H and O–H groups in total. The maximum atomic E-state index is 12.6. The molecule has 1 aliphatic rings. The summed E-state index contributed by atoms with van der Waals surface area (Å²) in [7, 11) is 0. The second kappa shape index (κ2) is 6.46. The van der Waals surface area contributed by atoms with E-state index in [4.69, 9.17) is 11.6 Å². The van der Waals surface area contributed by atoms with Crippen LogP contribution in [0.2, 0.25) is 5.15 Å². The second-order valence-electron chi connectivity index (χ2n) is 4.69. The van der Waals surface area contributed by atoms with Gasteiger partial charge in [0.25, 0.3) is 0 Å². The predicted molar refractivity (Wildman–Crippen MR) is 71.0 cm³/mol. The van der Waals surface area contributed by atoms with Gasteiger partial charge in [0, 0.05) is 19.2 Å². The molecular weight excluding hydrogens is 309 g/mol. The molecule has 0 aromatic carbocycles. The van der Waals surface area contributed by atoms with Crippen molar-refractivity contribution in [1.29, 1.82) is 0 Å². The third kappa shape index (κ3) is 4.45. The molecule has 21 heavy (non-hydrogen) atoms. The van der Waals surface area contributed by atoms with E-state index in [0.29, 0.717) is 13.1 Å². The monoisotopic (exact) mass is 322 g/mol. The highest BCUT2D eigenvalue weighted by Crippen LogP contribution is 2.28. The van der Waals surface area contributed by atoms with Gasteiger partial charge in [-0.05, 0) is 19.3 Å². The zero-order valence-electron chi connectivity index (χ0n) is 11.1. The minimum absolute atomic E-state index is 0.118. The van der Waals surface area contributed by atoms with Gasteiger partial charge in [-0.3, -0.25) is 4.79 Å². The first-order valence-corrected chi connectivity index (χ1v) is 6.87. The van der Waals surface area contributed by atoms with Crippen LogP contribution in [-0.2, 0) is 11.0 Å². The highest BCUT2D eigenvalue weighted by molar-refractivity contribution is 6.29. The van der Waals surface area contributed by atoms with E-state index >= 15 is 0 Å². The van der Waals surface area contributed by atoms with Crippen molar-refractivity contribution in [1.82, 2.24) is 14.9 Å². The average molecular weight is 323 g/mol. The summed E-state index contributed by atoms with van der Waals surface area (Å²) >= 11 is 5.53. The van der Waals surface area contributed by atoms with E-state index in [2.05, 4.69) is 15.3 Å². The van der Waals surface area contributed by atoms with Crippen LogP contribution in [0.5, 0.6) is 0 Å². The molecule has 1 fully saturated rings. The van der Waals surface area contributed by atoms with E-state index < -0.39 is 12.0 Å². The number of amides is 1. The van der Waals surface area contributed by atoms with Crippen LogP contribution in [0.25, 0.3) is 0 Å². The van der Waals surface area contributed by atoms with E-state index in [-0.39, 0.29) is 23.4 Å². The number of aromatic nitrogens is 2. The van der Waals surface area contributed by atoms with Gasteiger partial charge in [-0.15, -0.1) is 0 Å². The molecule has 116 valence electrons. The Balaban J connectivity index is 1.99. The first-order valence-electron chi connectivity index (χ1n) is 6.49. The Kier molecular flexibility index (Phi) is 4.87. The van der Waals surface area contributed by atoms with E-state index in [1.54, 1.807) is 4.90 Å². The number of nitrogens with zero attached hydrogens (tertiary/aromatic N) is 3. The Bertz CT molecular complexity index is 518. The van der Waals surface area contributed by atoms with Crippen LogP contribution in [0.15, 0.2) is 6.07 Å². The lowest BCUT2D eigenvalue weighted by Crippen LogP contribution is -2.39. The summed E-state index contributed by atoms with van der Waals surface area (Å²) in [4.78, 5) is 20.0. The molecule has 1 amide bonds.